The van der Waals surface area contributed by atoms with Gasteiger partial charge in [0.1, 0.15) is 13.2 Å². The monoisotopic (exact) mass is 478 g/mol. The molecule has 3 aromatic rings. The molecule has 0 aliphatic carbocycles. The highest BCUT2D eigenvalue weighted by atomic mass is 35.5. The van der Waals surface area contributed by atoms with Crippen LogP contribution in [-0.4, -0.2) is 40.9 Å². The summed E-state index contributed by atoms with van der Waals surface area (Å²) in [6.07, 6.45) is 0.0740. The minimum absolute atomic E-state index is 0.139. The minimum Gasteiger partial charge on any atom is -0.486 e. The first kappa shape index (κ1) is 22.2. The third kappa shape index (κ3) is 4.31. The maximum absolute atomic E-state index is 13.0. The molecular weight excluding hydrogens is 456 g/mol. The van der Waals surface area contributed by atoms with Crippen molar-refractivity contribution < 1.29 is 24.2 Å². The zero-order valence-corrected chi connectivity index (χ0v) is 19.3. The van der Waals surface area contributed by atoms with Gasteiger partial charge in [0.2, 0.25) is 5.91 Å². The van der Waals surface area contributed by atoms with Gasteiger partial charge in [-0.15, -0.1) is 0 Å². The van der Waals surface area contributed by atoms with E-state index in [4.69, 9.17) is 26.2 Å². The maximum atomic E-state index is 13.0. The predicted octanol–water partition coefficient (Wildman–Crippen LogP) is 5.12. The Bertz CT molecular complexity index is 1340. The third-order valence-corrected chi connectivity index (χ3v) is 6.37. The summed E-state index contributed by atoms with van der Waals surface area (Å²) in [5.41, 5.74) is 3.52. The number of nitrogens with zero attached hydrogens (tertiary/aromatic N) is 2. The topological polar surface area (TPSA) is 88.4 Å². The molecule has 8 heteroatoms. The van der Waals surface area contributed by atoms with Crippen molar-refractivity contribution in [1.29, 1.82) is 0 Å². The lowest BCUT2D eigenvalue weighted by Crippen LogP contribution is -2.27. The number of carbonyl (C=O) groups is 2. The van der Waals surface area contributed by atoms with Gasteiger partial charge in [0.25, 0.3) is 0 Å². The minimum atomic E-state index is -1.03. The Labute approximate surface area is 201 Å². The van der Waals surface area contributed by atoms with E-state index in [1.807, 2.05) is 55.5 Å². The molecule has 1 amide bonds. The van der Waals surface area contributed by atoms with E-state index in [2.05, 4.69) is 5.10 Å². The second kappa shape index (κ2) is 8.99. The number of halogens is 1. The first-order chi connectivity index (χ1) is 16.4. The first-order valence-electron chi connectivity index (χ1n) is 11.1. The summed E-state index contributed by atoms with van der Waals surface area (Å²) in [5, 5.41) is 17.4. The lowest BCUT2D eigenvalue weighted by Gasteiger charge is -2.24. The van der Waals surface area contributed by atoms with Crippen molar-refractivity contribution >= 4 is 40.0 Å². The van der Waals surface area contributed by atoms with Crippen molar-refractivity contribution in [3.05, 3.63) is 70.2 Å². The summed E-state index contributed by atoms with van der Waals surface area (Å²) in [5.74, 6) is -0.0281. The highest BCUT2D eigenvalue weighted by molar-refractivity contribution is 6.32. The van der Waals surface area contributed by atoms with Crippen LogP contribution in [0.3, 0.4) is 0 Å². The molecule has 34 heavy (non-hydrogen) atoms. The number of carbonyl (C=O) groups excluding carboxylic acids is 1. The van der Waals surface area contributed by atoms with E-state index in [0.717, 1.165) is 33.2 Å². The van der Waals surface area contributed by atoms with Gasteiger partial charge in [0, 0.05) is 17.9 Å². The molecule has 5 rings (SSSR count). The molecule has 0 saturated carbocycles. The fourth-order valence-corrected chi connectivity index (χ4v) is 4.69. The molecule has 1 N–H and O–H groups in total. The molecule has 174 valence electrons. The molecule has 1 atom stereocenters. The number of carboxylic acids is 1. The summed E-state index contributed by atoms with van der Waals surface area (Å²) >= 11 is 6.73. The highest BCUT2D eigenvalue weighted by Crippen LogP contribution is 2.41. The summed E-state index contributed by atoms with van der Waals surface area (Å²) < 4.78 is 11.4. The summed E-state index contributed by atoms with van der Waals surface area (Å²) in [4.78, 5) is 24.1. The fourth-order valence-electron chi connectivity index (χ4n) is 4.39. The highest BCUT2D eigenvalue weighted by Gasteiger charge is 2.34. The molecule has 0 spiro atoms. The Morgan fingerprint density at radius 3 is 2.44 bits per heavy atom. The molecule has 0 radical (unpaired) electrons. The fraction of sp³-hybridized carbons (Fsp3) is 0.269. The summed E-state index contributed by atoms with van der Waals surface area (Å²) in [6, 6.07) is 15.1. The Morgan fingerprint density at radius 1 is 1.06 bits per heavy atom. The molecule has 2 aliphatic heterocycles. The Hall–Kier alpha value is -3.58. The molecular formula is C26H23ClN2O5. The van der Waals surface area contributed by atoms with Crippen LogP contribution in [0.25, 0.3) is 10.8 Å². The van der Waals surface area contributed by atoms with Gasteiger partial charge in [-0.05, 0) is 53.1 Å². The second-order valence-electron chi connectivity index (χ2n) is 8.48. The molecule has 0 aromatic heterocycles. The second-order valence-corrected chi connectivity index (χ2v) is 8.89. The predicted molar refractivity (Wildman–Crippen MR) is 129 cm³/mol. The van der Waals surface area contributed by atoms with Gasteiger partial charge in [-0.3, -0.25) is 9.59 Å². The quantitative estimate of drug-likeness (QED) is 0.550. The van der Waals surface area contributed by atoms with Crippen molar-refractivity contribution in [2.75, 3.05) is 13.2 Å². The van der Waals surface area contributed by atoms with E-state index in [9.17, 15) is 9.59 Å². The smallest absolute Gasteiger partial charge is 0.303 e. The molecule has 0 unspecified atom stereocenters. The summed E-state index contributed by atoms with van der Waals surface area (Å²) in [7, 11) is 0. The number of carboxylic acid groups (broad SMARTS) is 1. The van der Waals surface area contributed by atoms with Crippen LogP contribution < -0.4 is 9.47 Å². The Balaban J connectivity index is 1.55. The number of aryl methyl sites for hydroxylation is 1. The summed E-state index contributed by atoms with van der Waals surface area (Å²) in [6.45, 7) is 2.99. The number of aliphatic carboxylic acids is 1. The average molecular weight is 479 g/mol. The third-order valence-electron chi connectivity index (χ3n) is 6.05. The van der Waals surface area contributed by atoms with E-state index >= 15 is 0 Å². The van der Waals surface area contributed by atoms with E-state index in [1.54, 1.807) is 0 Å². The van der Waals surface area contributed by atoms with Crippen LogP contribution in [0.4, 0.5) is 0 Å². The van der Waals surface area contributed by atoms with Crippen molar-refractivity contribution in [2.24, 2.45) is 5.10 Å². The van der Waals surface area contributed by atoms with Gasteiger partial charge < -0.3 is 14.6 Å². The molecule has 2 aliphatic rings. The van der Waals surface area contributed by atoms with Gasteiger partial charge >= 0.3 is 5.97 Å². The van der Waals surface area contributed by atoms with Crippen LogP contribution in [0, 0.1) is 6.92 Å². The van der Waals surface area contributed by atoms with Gasteiger partial charge in [0.15, 0.2) is 11.5 Å². The van der Waals surface area contributed by atoms with E-state index in [1.165, 1.54) is 5.01 Å². The Kier molecular flexibility index (Phi) is 5.87. The normalized spacial score (nSPS) is 17.1. The molecule has 7 nitrogen and oxygen atoms in total. The lowest BCUT2D eigenvalue weighted by atomic mass is 9.95. The molecule has 2 heterocycles. The van der Waals surface area contributed by atoms with Crippen molar-refractivity contribution in [3.8, 4) is 11.5 Å². The van der Waals surface area contributed by atoms with E-state index in [-0.39, 0.29) is 18.7 Å². The number of ether oxygens (including phenoxy) is 2. The van der Waals surface area contributed by atoms with E-state index in [0.29, 0.717) is 36.2 Å². The number of benzene rings is 3. The number of amides is 1. The van der Waals surface area contributed by atoms with Crippen molar-refractivity contribution in [1.82, 2.24) is 5.01 Å². The standard InChI is InChI=1S/C26H23ClN2O5/c1-15-3-2-4-16(9-15)21-14-22(29(28-21)25(30)5-6-26(31)32)19-10-17-12-23-24(34-8-7-33-23)13-18(17)11-20(19)27/h2-4,9-13,22H,5-8,14H2,1H3,(H,31,32)/t22-/m1/s1. The average Bonchev–Trinajstić information content (AvgIpc) is 3.26. The van der Waals surface area contributed by atoms with E-state index < -0.39 is 12.0 Å². The van der Waals surface area contributed by atoms with Gasteiger partial charge in [-0.25, -0.2) is 5.01 Å². The zero-order valence-electron chi connectivity index (χ0n) is 18.6. The first-order valence-corrected chi connectivity index (χ1v) is 11.5. The molecule has 0 saturated heterocycles. The van der Waals surface area contributed by atoms with Crippen molar-refractivity contribution in [2.45, 2.75) is 32.2 Å². The van der Waals surface area contributed by atoms with Gasteiger partial charge in [-0.1, -0.05) is 41.4 Å². The number of fused-ring (bicyclic) bond motifs is 2. The van der Waals surface area contributed by atoms with Crippen LogP contribution in [0.1, 0.15) is 42.0 Å². The molecule has 0 fully saturated rings. The number of hydrogen-bond donors (Lipinski definition) is 1. The molecule has 0 bridgehead atoms. The van der Waals surface area contributed by atoms with Crippen molar-refractivity contribution in [3.63, 3.8) is 0 Å². The number of rotatable bonds is 5. The Morgan fingerprint density at radius 2 is 1.76 bits per heavy atom. The van der Waals surface area contributed by atoms with Crippen LogP contribution in [0.2, 0.25) is 5.02 Å². The van der Waals surface area contributed by atoms with Crippen LogP contribution in [0.15, 0.2) is 53.6 Å². The number of hydrazone groups is 1. The maximum Gasteiger partial charge on any atom is 0.303 e. The largest absolute Gasteiger partial charge is 0.486 e. The number of hydrogen-bond acceptors (Lipinski definition) is 5. The van der Waals surface area contributed by atoms with Gasteiger partial charge in [0.05, 0.1) is 18.2 Å². The van der Waals surface area contributed by atoms with Crippen LogP contribution >= 0.6 is 11.6 Å². The zero-order chi connectivity index (χ0) is 23.8. The van der Waals surface area contributed by atoms with Crippen LogP contribution in [0.5, 0.6) is 11.5 Å². The lowest BCUT2D eigenvalue weighted by molar-refractivity contribution is -0.141. The van der Waals surface area contributed by atoms with Gasteiger partial charge in [-0.2, -0.15) is 5.10 Å². The SMILES string of the molecule is Cc1cccc(C2=NN(C(=O)CCC(=O)O)[C@@H](c3cc4cc5c(cc4cc3Cl)OCCO5)C2)c1. The molecule has 3 aromatic carbocycles. The van der Waals surface area contributed by atoms with Crippen LogP contribution in [-0.2, 0) is 9.59 Å².